The lowest BCUT2D eigenvalue weighted by Crippen LogP contribution is -2.26. The summed E-state index contributed by atoms with van der Waals surface area (Å²) >= 11 is 0. The summed E-state index contributed by atoms with van der Waals surface area (Å²) in [4.78, 5) is 22.9. The first-order valence-electron chi connectivity index (χ1n) is 5.17. The van der Waals surface area contributed by atoms with Gasteiger partial charge in [-0.05, 0) is 13.0 Å². The van der Waals surface area contributed by atoms with Crippen LogP contribution in [0.25, 0.3) is 10.9 Å². The van der Waals surface area contributed by atoms with E-state index in [1.165, 1.54) is 0 Å². The molecule has 1 aromatic carbocycles. The highest BCUT2D eigenvalue weighted by Crippen LogP contribution is 2.23. The molecular formula is C12H13N3O2. The molecular weight excluding hydrogens is 218 g/mol. The topological polar surface area (TPSA) is 77.1 Å². The summed E-state index contributed by atoms with van der Waals surface area (Å²) in [5.74, 6) is 0. The zero-order valence-electron chi connectivity index (χ0n) is 9.65. The number of nitrogens with two attached hydrogens (primary N) is 1. The Bertz CT molecular complexity index is 659. The molecule has 0 aliphatic carbocycles. The summed E-state index contributed by atoms with van der Waals surface area (Å²) in [6.45, 7) is 1.67. The molecule has 2 aromatic rings. The number of para-hydroxylation sites is 1. The molecule has 0 atom stereocenters. The standard InChI is InChI=1S/C12H13N3O2/c1-7-10(14-12(13)17)8-5-3-4-6-9(8)15(2)11(7)16/h3-6H,1-2H3,(H3,13,14,17). The van der Waals surface area contributed by atoms with Gasteiger partial charge in [0.05, 0.1) is 11.2 Å². The number of aryl methyl sites for hydroxylation is 1. The van der Waals surface area contributed by atoms with Crippen LogP contribution in [0.5, 0.6) is 0 Å². The van der Waals surface area contributed by atoms with Crippen molar-refractivity contribution in [2.75, 3.05) is 5.32 Å². The molecule has 1 aromatic heterocycles. The number of nitrogens with one attached hydrogen (secondary N) is 1. The van der Waals surface area contributed by atoms with Gasteiger partial charge in [-0.1, -0.05) is 18.2 Å². The number of aromatic nitrogens is 1. The van der Waals surface area contributed by atoms with E-state index in [-0.39, 0.29) is 5.56 Å². The molecule has 0 fully saturated rings. The predicted molar refractivity (Wildman–Crippen MR) is 67.1 cm³/mol. The van der Waals surface area contributed by atoms with Crippen molar-refractivity contribution in [3.8, 4) is 0 Å². The van der Waals surface area contributed by atoms with E-state index < -0.39 is 6.03 Å². The number of hydrogen-bond donors (Lipinski definition) is 2. The number of hydrogen-bond acceptors (Lipinski definition) is 2. The third-order valence-electron chi connectivity index (χ3n) is 2.78. The fourth-order valence-electron chi connectivity index (χ4n) is 1.93. The summed E-state index contributed by atoms with van der Waals surface area (Å²) in [6, 6.07) is 6.67. The van der Waals surface area contributed by atoms with Crippen molar-refractivity contribution in [1.29, 1.82) is 0 Å². The number of benzene rings is 1. The first kappa shape index (κ1) is 11.2. The fourth-order valence-corrected chi connectivity index (χ4v) is 1.93. The summed E-state index contributed by atoms with van der Waals surface area (Å²) in [5.41, 5.74) is 6.68. The van der Waals surface area contributed by atoms with Crippen LogP contribution in [0, 0.1) is 6.92 Å². The molecule has 3 N–H and O–H groups in total. The second-order valence-electron chi connectivity index (χ2n) is 3.87. The smallest absolute Gasteiger partial charge is 0.316 e. The number of nitrogens with zero attached hydrogens (tertiary/aromatic N) is 1. The molecule has 0 aliphatic heterocycles. The average molecular weight is 231 g/mol. The van der Waals surface area contributed by atoms with Crippen molar-refractivity contribution in [2.24, 2.45) is 12.8 Å². The van der Waals surface area contributed by atoms with Crippen LogP contribution >= 0.6 is 0 Å². The molecule has 0 spiro atoms. The lowest BCUT2D eigenvalue weighted by Gasteiger charge is -2.13. The van der Waals surface area contributed by atoms with Gasteiger partial charge in [0, 0.05) is 18.0 Å². The van der Waals surface area contributed by atoms with Gasteiger partial charge in [-0.2, -0.15) is 0 Å². The van der Waals surface area contributed by atoms with Crippen molar-refractivity contribution >= 4 is 22.6 Å². The van der Waals surface area contributed by atoms with Gasteiger partial charge in [0.2, 0.25) is 0 Å². The van der Waals surface area contributed by atoms with Gasteiger partial charge in [-0.25, -0.2) is 4.79 Å². The number of primary amides is 1. The normalized spacial score (nSPS) is 10.5. The summed E-state index contributed by atoms with van der Waals surface area (Å²) in [7, 11) is 1.70. The molecule has 17 heavy (non-hydrogen) atoms. The van der Waals surface area contributed by atoms with Crippen LogP contribution in [0.2, 0.25) is 0 Å². The molecule has 0 aliphatic rings. The minimum atomic E-state index is -0.675. The Hall–Kier alpha value is -2.30. The number of anilines is 1. The van der Waals surface area contributed by atoms with Crippen molar-refractivity contribution in [1.82, 2.24) is 4.57 Å². The highest BCUT2D eigenvalue weighted by Gasteiger charge is 2.12. The predicted octanol–water partition coefficient (Wildman–Crippen LogP) is 1.34. The van der Waals surface area contributed by atoms with E-state index in [1.54, 1.807) is 18.5 Å². The minimum Gasteiger partial charge on any atom is -0.351 e. The molecule has 5 nitrogen and oxygen atoms in total. The summed E-state index contributed by atoms with van der Waals surface area (Å²) < 4.78 is 1.55. The second-order valence-corrected chi connectivity index (χ2v) is 3.87. The maximum absolute atomic E-state index is 12.0. The lowest BCUT2D eigenvalue weighted by atomic mass is 10.1. The van der Waals surface area contributed by atoms with Gasteiger partial charge in [-0.3, -0.25) is 4.79 Å². The molecule has 1 heterocycles. The average Bonchev–Trinajstić information content (AvgIpc) is 2.31. The van der Waals surface area contributed by atoms with Gasteiger partial charge >= 0.3 is 6.03 Å². The Morgan fingerprint density at radius 2 is 2.00 bits per heavy atom. The first-order valence-corrected chi connectivity index (χ1v) is 5.17. The largest absolute Gasteiger partial charge is 0.351 e. The van der Waals surface area contributed by atoms with Crippen molar-refractivity contribution in [3.63, 3.8) is 0 Å². The molecule has 0 unspecified atom stereocenters. The van der Waals surface area contributed by atoms with Crippen LogP contribution in [0.4, 0.5) is 10.5 Å². The van der Waals surface area contributed by atoms with Crippen molar-refractivity contribution in [3.05, 3.63) is 40.2 Å². The Labute approximate surface area is 97.9 Å². The Kier molecular flexibility index (Phi) is 2.59. The van der Waals surface area contributed by atoms with E-state index in [9.17, 15) is 9.59 Å². The van der Waals surface area contributed by atoms with Crippen LogP contribution in [-0.2, 0) is 7.05 Å². The number of urea groups is 1. The highest BCUT2D eigenvalue weighted by atomic mass is 16.2. The van der Waals surface area contributed by atoms with Gasteiger partial charge in [0.25, 0.3) is 5.56 Å². The molecule has 5 heteroatoms. The fraction of sp³-hybridized carbons (Fsp3) is 0.167. The molecule has 2 rings (SSSR count). The zero-order valence-corrected chi connectivity index (χ0v) is 9.65. The van der Waals surface area contributed by atoms with Crippen molar-refractivity contribution in [2.45, 2.75) is 6.92 Å². The van der Waals surface area contributed by atoms with E-state index in [4.69, 9.17) is 5.73 Å². The molecule has 2 amide bonds. The molecule has 0 bridgehead atoms. The minimum absolute atomic E-state index is 0.146. The monoisotopic (exact) mass is 231 g/mol. The summed E-state index contributed by atoms with van der Waals surface area (Å²) in [5, 5.41) is 3.31. The van der Waals surface area contributed by atoms with Gasteiger partial charge in [0.1, 0.15) is 0 Å². The first-order chi connectivity index (χ1) is 8.02. The number of fused-ring (bicyclic) bond motifs is 1. The van der Waals surface area contributed by atoms with Gasteiger partial charge < -0.3 is 15.6 Å². The highest BCUT2D eigenvalue weighted by molar-refractivity contribution is 6.01. The SMILES string of the molecule is Cc1c(NC(N)=O)c2ccccc2n(C)c1=O. The van der Waals surface area contributed by atoms with E-state index in [0.29, 0.717) is 11.3 Å². The van der Waals surface area contributed by atoms with Crippen LogP contribution in [0.3, 0.4) is 0 Å². The molecule has 0 radical (unpaired) electrons. The number of amides is 2. The number of carbonyl (C=O) groups excluding carboxylic acids is 1. The van der Waals surface area contributed by atoms with E-state index in [1.807, 2.05) is 24.3 Å². The van der Waals surface area contributed by atoms with Crippen molar-refractivity contribution < 1.29 is 4.79 Å². The maximum Gasteiger partial charge on any atom is 0.316 e. The van der Waals surface area contributed by atoms with Gasteiger partial charge in [-0.15, -0.1) is 0 Å². The van der Waals surface area contributed by atoms with Crippen LogP contribution in [-0.4, -0.2) is 10.6 Å². The third-order valence-corrected chi connectivity index (χ3v) is 2.78. The Balaban J connectivity index is 2.90. The van der Waals surface area contributed by atoms with Crippen LogP contribution in [0.1, 0.15) is 5.56 Å². The van der Waals surface area contributed by atoms with E-state index in [0.717, 1.165) is 10.9 Å². The van der Waals surface area contributed by atoms with E-state index >= 15 is 0 Å². The zero-order chi connectivity index (χ0) is 12.6. The second kappa shape index (κ2) is 3.93. The quantitative estimate of drug-likeness (QED) is 0.776. The lowest BCUT2D eigenvalue weighted by molar-refractivity contribution is 0.259. The summed E-state index contributed by atoms with van der Waals surface area (Å²) in [6.07, 6.45) is 0. The van der Waals surface area contributed by atoms with Gasteiger partial charge in [0.15, 0.2) is 0 Å². The number of rotatable bonds is 1. The Morgan fingerprint density at radius 3 is 2.65 bits per heavy atom. The molecule has 0 saturated carbocycles. The van der Waals surface area contributed by atoms with Crippen LogP contribution < -0.4 is 16.6 Å². The molecule has 0 saturated heterocycles. The number of carbonyl (C=O) groups is 1. The van der Waals surface area contributed by atoms with E-state index in [2.05, 4.69) is 5.32 Å². The van der Waals surface area contributed by atoms with Crippen LogP contribution in [0.15, 0.2) is 29.1 Å². The third kappa shape index (κ3) is 1.75. The maximum atomic E-state index is 12.0. The number of pyridine rings is 1. The molecule has 88 valence electrons. The Morgan fingerprint density at radius 1 is 1.35 bits per heavy atom.